The summed E-state index contributed by atoms with van der Waals surface area (Å²) in [5, 5.41) is 3.41. The Labute approximate surface area is 128 Å². The second-order valence-corrected chi connectivity index (χ2v) is 6.80. The molecule has 1 aliphatic carbocycles. The first-order chi connectivity index (χ1) is 9.75. The average Bonchev–Trinajstić information content (AvgIpc) is 2.98. The van der Waals surface area contributed by atoms with Crippen molar-refractivity contribution in [1.29, 1.82) is 0 Å². The van der Waals surface area contributed by atoms with E-state index < -0.39 is 0 Å². The molecule has 2 fully saturated rings. The molecule has 2 nitrogen and oxygen atoms in total. The summed E-state index contributed by atoms with van der Waals surface area (Å²) in [4.78, 5) is 2.55. The Morgan fingerprint density at radius 3 is 2.55 bits per heavy atom. The third kappa shape index (κ3) is 3.07. The molecule has 1 saturated heterocycles. The first kappa shape index (κ1) is 14.5. The van der Waals surface area contributed by atoms with Crippen molar-refractivity contribution in [2.75, 3.05) is 26.2 Å². The van der Waals surface area contributed by atoms with E-state index in [1.807, 2.05) is 6.07 Å². The van der Waals surface area contributed by atoms with Gasteiger partial charge in [0.15, 0.2) is 0 Å². The zero-order valence-electron chi connectivity index (χ0n) is 11.7. The van der Waals surface area contributed by atoms with E-state index in [4.69, 9.17) is 0 Å². The van der Waals surface area contributed by atoms with Crippen molar-refractivity contribution >= 4 is 15.9 Å². The molecule has 1 aromatic carbocycles. The zero-order valence-corrected chi connectivity index (χ0v) is 13.3. The fourth-order valence-corrected chi connectivity index (χ4v) is 3.96. The van der Waals surface area contributed by atoms with E-state index in [0.717, 1.165) is 31.7 Å². The van der Waals surface area contributed by atoms with Crippen molar-refractivity contribution < 1.29 is 4.39 Å². The predicted octanol–water partition coefficient (Wildman–Crippen LogP) is 3.72. The highest BCUT2D eigenvalue weighted by atomic mass is 79.9. The van der Waals surface area contributed by atoms with Crippen molar-refractivity contribution in [3.63, 3.8) is 0 Å². The van der Waals surface area contributed by atoms with Crippen LogP contribution in [0.25, 0.3) is 0 Å². The Kier molecular flexibility index (Phi) is 4.74. The Morgan fingerprint density at radius 1 is 1.20 bits per heavy atom. The molecule has 1 saturated carbocycles. The Hall–Kier alpha value is -0.450. The van der Waals surface area contributed by atoms with E-state index in [1.54, 1.807) is 6.07 Å². The maximum Gasteiger partial charge on any atom is 0.137 e. The van der Waals surface area contributed by atoms with Crippen molar-refractivity contribution in [2.45, 2.75) is 31.7 Å². The highest BCUT2D eigenvalue weighted by Crippen LogP contribution is 2.40. The van der Waals surface area contributed by atoms with Gasteiger partial charge in [0.25, 0.3) is 0 Å². The molecule has 0 aromatic heterocycles. The van der Waals surface area contributed by atoms with Gasteiger partial charge in [-0.1, -0.05) is 18.9 Å². The standard InChI is InChI=1S/C16H22BrFN2/c17-14-6-5-13(11-15(14)18)16(12-3-1-2-4-12)20-9-7-19-8-10-20/h5-6,11-12,16,19H,1-4,7-10H2/t16-/m0/s1. The Morgan fingerprint density at radius 2 is 1.90 bits per heavy atom. The van der Waals surface area contributed by atoms with Crippen LogP contribution in [-0.4, -0.2) is 31.1 Å². The van der Waals surface area contributed by atoms with Crippen molar-refractivity contribution in [3.8, 4) is 0 Å². The van der Waals surface area contributed by atoms with E-state index in [2.05, 4.69) is 32.2 Å². The van der Waals surface area contributed by atoms with Gasteiger partial charge in [-0.25, -0.2) is 4.39 Å². The molecule has 4 heteroatoms. The molecule has 1 aromatic rings. The highest BCUT2D eigenvalue weighted by molar-refractivity contribution is 9.10. The summed E-state index contributed by atoms with van der Waals surface area (Å²) in [7, 11) is 0. The predicted molar refractivity (Wildman–Crippen MR) is 83.2 cm³/mol. The molecular weight excluding hydrogens is 319 g/mol. The average molecular weight is 341 g/mol. The molecule has 2 aliphatic rings. The van der Waals surface area contributed by atoms with Gasteiger partial charge in [0, 0.05) is 32.2 Å². The van der Waals surface area contributed by atoms with Crippen LogP contribution in [-0.2, 0) is 0 Å². The third-order valence-electron chi connectivity index (χ3n) is 4.68. The Bertz CT molecular complexity index is 454. The van der Waals surface area contributed by atoms with Crippen LogP contribution in [0.1, 0.15) is 37.3 Å². The van der Waals surface area contributed by atoms with Gasteiger partial charge in [0.2, 0.25) is 0 Å². The first-order valence-electron chi connectivity index (χ1n) is 7.65. The molecule has 0 amide bonds. The molecule has 0 spiro atoms. The zero-order chi connectivity index (χ0) is 13.9. The molecule has 1 atom stereocenters. The van der Waals surface area contributed by atoms with Crippen molar-refractivity contribution in [1.82, 2.24) is 10.2 Å². The maximum atomic E-state index is 13.9. The number of hydrogen-bond donors (Lipinski definition) is 1. The van der Waals surface area contributed by atoms with Crippen LogP contribution >= 0.6 is 15.9 Å². The number of nitrogens with one attached hydrogen (secondary N) is 1. The number of rotatable bonds is 3. The van der Waals surface area contributed by atoms with Gasteiger partial charge < -0.3 is 5.32 Å². The number of benzene rings is 1. The minimum absolute atomic E-state index is 0.138. The van der Waals surface area contributed by atoms with Crippen LogP contribution in [0, 0.1) is 11.7 Å². The highest BCUT2D eigenvalue weighted by Gasteiger charge is 2.32. The lowest BCUT2D eigenvalue weighted by Gasteiger charge is -2.38. The van der Waals surface area contributed by atoms with E-state index in [9.17, 15) is 4.39 Å². The van der Waals surface area contributed by atoms with Crippen LogP contribution in [0.4, 0.5) is 4.39 Å². The molecule has 3 rings (SSSR count). The number of halogens is 2. The minimum atomic E-state index is -0.138. The molecule has 1 heterocycles. The summed E-state index contributed by atoms with van der Waals surface area (Å²) >= 11 is 3.26. The van der Waals surface area contributed by atoms with Gasteiger partial charge in [-0.05, 0) is 52.4 Å². The normalized spacial score (nSPS) is 23.1. The van der Waals surface area contributed by atoms with Crippen molar-refractivity contribution in [2.24, 2.45) is 5.92 Å². The van der Waals surface area contributed by atoms with Gasteiger partial charge in [-0.3, -0.25) is 4.90 Å². The number of nitrogens with zero attached hydrogens (tertiary/aromatic N) is 1. The summed E-state index contributed by atoms with van der Waals surface area (Å²) < 4.78 is 14.5. The fraction of sp³-hybridized carbons (Fsp3) is 0.625. The van der Waals surface area contributed by atoms with E-state index in [-0.39, 0.29) is 5.82 Å². The van der Waals surface area contributed by atoms with Crippen LogP contribution in [0.5, 0.6) is 0 Å². The monoisotopic (exact) mass is 340 g/mol. The first-order valence-corrected chi connectivity index (χ1v) is 8.45. The van der Waals surface area contributed by atoms with E-state index in [1.165, 1.54) is 25.7 Å². The SMILES string of the molecule is Fc1cc([C@H](C2CCCC2)N2CCNCC2)ccc1Br. The van der Waals surface area contributed by atoms with Gasteiger partial charge in [0.1, 0.15) is 5.82 Å². The summed E-state index contributed by atoms with van der Waals surface area (Å²) in [6, 6.07) is 6.07. The lowest BCUT2D eigenvalue weighted by atomic mass is 9.89. The molecule has 110 valence electrons. The second-order valence-electron chi connectivity index (χ2n) is 5.95. The minimum Gasteiger partial charge on any atom is -0.314 e. The van der Waals surface area contributed by atoms with E-state index in [0.29, 0.717) is 16.4 Å². The van der Waals surface area contributed by atoms with Gasteiger partial charge >= 0.3 is 0 Å². The van der Waals surface area contributed by atoms with Gasteiger partial charge in [-0.15, -0.1) is 0 Å². The number of piperazine rings is 1. The largest absolute Gasteiger partial charge is 0.314 e. The topological polar surface area (TPSA) is 15.3 Å². The molecule has 0 radical (unpaired) electrons. The molecule has 20 heavy (non-hydrogen) atoms. The quantitative estimate of drug-likeness (QED) is 0.901. The van der Waals surface area contributed by atoms with Crippen LogP contribution in [0.2, 0.25) is 0 Å². The van der Waals surface area contributed by atoms with E-state index >= 15 is 0 Å². The lowest BCUT2D eigenvalue weighted by Crippen LogP contribution is -2.46. The summed E-state index contributed by atoms with van der Waals surface area (Å²) in [5.74, 6) is 0.550. The van der Waals surface area contributed by atoms with Crippen LogP contribution in [0.3, 0.4) is 0 Å². The number of hydrogen-bond acceptors (Lipinski definition) is 2. The fourth-order valence-electron chi connectivity index (χ4n) is 3.71. The molecule has 0 bridgehead atoms. The summed E-state index contributed by atoms with van der Waals surface area (Å²) in [6.07, 6.45) is 5.22. The van der Waals surface area contributed by atoms with Crippen molar-refractivity contribution in [3.05, 3.63) is 34.1 Å². The summed E-state index contributed by atoms with van der Waals surface area (Å²) in [5.41, 5.74) is 1.15. The Balaban J connectivity index is 1.88. The van der Waals surface area contributed by atoms with Crippen LogP contribution < -0.4 is 5.32 Å². The van der Waals surface area contributed by atoms with Crippen LogP contribution in [0.15, 0.2) is 22.7 Å². The molecule has 1 aliphatic heterocycles. The maximum absolute atomic E-state index is 13.9. The summed E-state index contributed by atoms with van der Waals surface area (Å²) in [6.45, 7) is 4.22. The third-order valence-corrected chi connectivity index (χ3v) is 5.32. The smallest absolute Gasteiger partial charge is 0.137 e. The molecule has 0 unspecified atom stereocenters. The molecular formula is C16H22BrFN2. The van der Waals surface area contributed by atoms with Gasteiger partial charge in [-0.2, -0.15) is 0 Å². The lowest BCUT2D eigenvalue weighted by molar-refractivity contribution is 0.125. The molecule has 1 N–H and O–H groups in total. The second kappa shape index (κ2) is 6.54. The van der Waals surface area contributed by atoms with Gasteiger partial charge in [0.05, 0.1) is 4.47 Å².